The third-order valence-corrected chi connectivity index (χ3v) is 3.95. The Morgan fingerprint density at radius 1 is 1.45 bits per heavy atom. The van der Waals surface area contributed by atoms with Gasteiger partial charge in [0.05, 0.1) is 0 Å². The summed E-state index contributed by atoms with van der Waals surface area (Å²) in [4.78, 5) is 25.2. The molecule has 7 heteroatoms. The largest absolute Gasteiger partial charge is 0.480 e. The van der Waals surface area contributed by atoms with E-state index in [4.69, 9.17) is 11.5 Å². The number of nitrogens with two attached hydrogens (primary N) is 2. The van der Waals surface area contributed by atoms with E-state index < -0.39 is 23.6 Å². The highest BCUT2D eigenvalue weighted by Gasteiger charge is 2.47. The van der Waals surface area contributed by atoms with Crippen molar-refractivity contribution in [2.75, 3.05) is 19.6 Å². The van der Waals surface area contributed by atoms with Crippen LogP contribution >= 0.6 is 0 Å². The standard InChI is InChI=1S/C13H26N4O3/c1-2-17-9-5-7-13(17,12(15)20)16-10(11(18)19)6-3-4-8-14/h10,16H,2-9,14H2,1H3,(H2,15,20)(H,18,19)/t10?,13-/m0/s1. The predicted molar refractivity (Wildman–Crippen MR) is 75.9 cm³/mol. The van der Waals surface area contributed by atoms with Crippen LogP contribution in [0.1, 0.15) is 39.0 Å². The zero-order chi connectivity index (χ0) is 15.2. The molecule has 6 N–H and O–H groups in total. The summed E-state index contributed by atoms with van der Waals surface area (Å²) in [6.45, 7) is 3.88. The lowest BCUT2D eigenvalue weighted by atomic mass is 10.0. The Morgan fingerprint density at radius 2 is 2.15 bits per heavy atom. The summed E-state index contributed by atoms with van der Waals surface area (Å²) < 4.78 is 0. The molecule has 0 aromatic heterocycles. The zero-order valence-corrected chi connectivity index (χ0v) is 12.1. The monoisotopic (exact) mass is 286 g/mol. The molecule has 2 atom stereocenters. The number of nitrogens with one attached hydrogen (secondary N) is 1. The van der Waals surface area contributed by atoms with Gasteiger partial charge in [0.25, 0.3) is 5.91 Å². The average molecular weight is 286 g/mol. The molecule has 1 aliphatic heterocycles. The van der Waals surface area contributed by atoms with Crippen molar-refractivity contribution in [3.05, 3.63) is 0 Å². The lowest BCUT2D eigenvalue weighted by molar-refractivity contribution is -0.143. The summed E-state index contributed by atoms with van der Waals surface area (Å²) in [5.74, 6) is -1.45. The third-order valence-electron chi connectivity index (χ3n) is 3.95. The van der Waals surface area contributed by atoms with Crippen LogP contribution in [-0.2, 0) is 9.59 Å². The number of carbonyl (C=O) groups excluding carboxylic acids is 1. The second-order valence-corrected chi connectivity index (χ2v) is 5.23. The molecule has 0 aromatic carbocycles. The third kappa shape index (κ3) is 3.68. The molecule has 20 heavy (non-hydrogen) atoms. The number of carboxylic acid groups (broad SMARTS) is 1. The lowest BCUT2D eigenvalue weighted by Gasteiger charge is -2.38. The van der Waals surface area contributed by atoms with Crippen LogP contribution in [0, 0.1) is 0 Å². The van der Waals surface area contributed by atoms with Gasteiger partial charge in [-0.05, 0) is 38.8 Å². The van der Waals surface area contributed by atoms with Crippen molar-refractivity contribution in [3.63, 3.8) is 0 Å². The Morgan fingerprint density at radius 3 is 2.65 bits per heavy atom. The molecule has 1 rings (SSSR count). The Labute approximate surface area is 119 Å². The first-order valence-corrected chi connectivity index (χ1v) is 7.23. The van der Waals surface area contributed by atoms with Crippen LogP contribution in [-0.4, -0.2) is 53.2 Å². The summed E-state index contributed by atoms with van der Waals surface area (Å²) in [7, 11) is 0. The number of nitrogens with zero attached hydrogens (tertiary/aromatic N) is 1. The molecule has 1 aliphatic rings. The van der Waals surface area contributed by atoms with Crippen molar-refractivity contribution < 1.29 is 14.7 Å². The maximum Gasteiger partial charge on any atom is 0.320 e. The molecule has 1 unspecified atom stereocenters. The van der Waals surface area contributed by atoms with E-state index in [1.807, 2.05) is 11.8 Å². The summed E-state index contributed by atoms with van der Waals surface area (Å²) in [5.41, 5.74) is 9.94. The highest BCUT2D eigenvalue weighted by atomic mass is 16.4. The molecule has 1 heterocycles. The van der Waals surface area contributed by atoms with Gasteiger partial charge in [0, 0.05) is 6.54 Å². The fourth-order valence-corrected chi connectivity index (χ4v) is 2.85. The quantitative estimate of drug-likeness (QED) is 0.422. The van der Waals surface area contributed by atoms with Gasteiger partial charge in [-0.3, -0.25) is 19.8 Å². The number of carboxylic acids is 1. The normalized spacial score (nSPS) is 24.7. The van der Waals surface area contributed by atoms with Crippen molar-refractivity contribution in [2.45, 2.75) is 50.7 Å². The van der Waals surface area contributed by atoms with E-state index in [0.717, 1.165) is 19.4 Å². The van der Waals surface area contributed by atoms with Crippen LogP contribution in [0.4, 0.5) is 0 Å². The van der Waals surface area contributed by atoms with Gasteiger partial charge in [-0.2, -0.15) is 0 Å². The van der Waals surface area contributed by atoms with Gasteiger partial charge in [-0.25, -0.2) is 0 Å². The molecule has 1 saturated heterocycles. The SMILES string of the molecule is CCN1CCC[C@@]1(NC(CCCCN)C(=O)O)C(N)=O. The number of rotatable bonds is 9. The number of aliphatic carboxylic acids is 1. The molecule has 116 valence electrons. The molecular formula is C13H26N4O3. The van der Waals surface area contributed by atoms with Crippen LogP contribution in [0.25, 0.3) is 0 Å². The van der Waals surface area contributed by atoms with Crippen molar-refractivity contribution in [1.82, 2.24) is 10.2 Å². The van der Waals surface area contributed by atoms with Gasteiger partial charge < -0.3 is 16.6 Å². The minimum absolute atomic E-state index is 0.444. The Bertz CT molecular complexity index is 351. The van der Waals surface area contributed by atoms with Crippen molar-refractivity contribution in [3.8, 4) is 0 Å². The number of carbonyl (C=O) groups is 2. The van der Waals surface area contributed by atoms with E-state index in [1.54, 1.807) is 0 Å². The van der Waals surface area contributed by atoms with Gasteiger partial charge in [0.1, 0.15) is 6.04 Å². The maximum atomic E-state index is 11.9. The summed E-state index contributed by atoms with van der Waals surface area (Å²) in [6, 6.07) is -0.777. The van der Waals surface area contributed by atoms with Gasteiger partial charge in [0.2, 0.25) is 0 Å². The predicted octanol–water partition coefficient (Wildman–Crippen LogP) is -0.544. The smallest absolute Gasteiger partial charge is 0.320 e. The fraction of sp³-hybridized carbons (Fsp3) is 0.846. The number of unbranched alkanes of at least 4 members (excludes halogenated alkanes) is 1. The highest BCUT2D eigenvalue weighted by Crippen LogP contribution is 2.27. The second kappa shape index (κ2) is 7.56. The van der Waals surface area contributed by atoms with E-state index in [9.17, 15) is 14.7 Å². The maximum absolute atomic E-state index is 11.9. The summed E-state index contributed by atoms with van der Waals surface area (Å²) in [5, 5.41) is 12.3. The first kappa shape index (κ1) is 16.9. The fourth-order valence-electron chi connectivity index (χ4n) is 2.85. The zero-order valence-electron chi connectivity index (χ0n) is 12.1. The van der Waals surface area contributed by atoms with Crippen molar-refractivity contribution in [1.29, 1.82) is 0 Å². The molecule has 1 amide bonds. The van der Waals surface area contributed by atoms with Gasteiger partial charge in [-0.15, -0.1) is 0 Å². The number of primary amides is 1. The lowest BCUT2D eigenvalue weighted by Crippen LogP contribution is -2.66. The van der Waals surface area contributed by atoms with E-state index in [-0.39, 0.29) is 0 Å². The summed E-state index contributed by atoms with van der Waals surface area (Å²) in [6.07, 6.45) is 3.31. The van der Waals surface area contributed by atoms with Crippen LogP contribution in [0.3, 0.4) is 0 Å². The molecular weight excluding hydrogens is 260 g/mol. The van der Waals surface area contributed by atoms with E-state index in [2.05, 4.69) is 5.32 Å². The van der Waals surface area contributed by atoms with Crippen LogP contribution in [0.2, 0.25) is 0 Å². The Balaban J connectivity index is 2.81. The molecule has 0 bridgehead atoms. The second-order valence-electron chi connectivity index (χ2n) is 5.23. The minimum atomic E-state index is -1.03. The molecule has 0 aliphatic carbocycles. The van der Waals surface area contributed by atoms with Crippen molar-refractivity contribution >= 4 is 11.9 Å². The number of hydrogen-bond donors (Lipinski definition) is 4. The first-order chi connectivity index (χ1) is 9.47. The molecule has 0 aromatic rings. The number of likely N-dealkylation sites (tertiary alicyclic amines) is 1. The Hall–Kier alpha value is -1.18. The number of amides is 1. The number of likely N-dealkylation sites (N-methyl/N-ethyl adjacent to an activating group) is 1. The van der Waals surface area contributed by atoms with E-state index >= 15 is 0 Å². The molecule has 7 nitrogen and oxygen atoms in total. The van der Waals surface area contributed by atoms with E-state index in [0.29, 0.717) is 32.4 Å². The van der Waals surface area contributed by atoms with E-state index in [1.165, 1.54) is 0 Å². The highest BCUT2D eigenvalue weighted by molar-refractivity contribution is 5.85. The first-order valence-electron chi connectivity index (χ1n) is 7.23. The van der Waals surface area contributed by atoms with Crippen LogP contribution in [0.15, 0.2) is 0 Å². The molecule has 0 spiro atoms. The van der Waals surface area contributed by atoms with Gasteiger partial charge in [0.15, 0.2) is 5.66 Å². The molecule has 0 saturated carbocycles. The van der Waals surface area contributed by atoms with Gasteiger partial charge in [-0.1, -0.05) is 13.3 Å². The minimum Gasteiger partial charge on any atom is -0.480 e. The van der Waals surface area contributed by atoms with Crippen molar-refractivity contribution in [2.24, 2.45) is 11.5 Å². The molecule has 0 radical (unpaired) electrons. The number of hydrogen-bond acceptors (Lipinski definition) is 5. The molecule has 1 fully saturated rings. The topological polar surface area (TPSA) is 122 Å². The Kier molecular flexibility index (Phi) is 6.38. The van der Waals surface area contributed by atoms with Crippen LogP contribution < -0.4 is 16.8 Å². The summed E-state index contributed by atoms with van der Waals surface area (Å²) >= 11 is 0. The van der Waals surface area contributed by atoms with Gasteiger partial charge >= 0.3 is 5.97 Å². The van der Waals surface area contributed by atoms with Crippen LogP contribution in [0.5, 0.6) is 0 Å². The average Bonchev–Trinajstić information content (AvgIpc) is 2.81.